The van der Waals surface area contributed by atoms with Crippen molar-refractivity contribution in [3.8, 4) is 5.75 Å². The normalized spacial score (nSPS) is 11.4. The second-order valence-electron chi connectivity index (χ2n) is 5.38. The molecule has 10 heteroatoms. The Morgan fingerprint density at radius 2 is 2.07 bits per heavy atom. The number of amides is 1. The molecule has 27 heavy (non-hydrogen) atoms. The van der Waals surface area contributed by atoms with E-state index in [2.05, 4.69) is 10.5 Å². The summed E-state index contributed by atoms with van der Waals surface area (Å²) in [6.45, 7) is 0.126. The van der Waals surface area contributed by atoms with Crippen LogP contribution in [0.2, 0.25) is 4.34 Å². The van der Waals surface area contributed by atoms with Crippen molar-refractivity contribution in [2.45, 2.75) is 19.3 Å². The first-order valence-electron chi connectivity index (χ1n) is 7.59. The van der Waals surface area contributed by atoms with Crippen LogP contribution in [-0.2, 0) is 19.3 Å². The van der Waals surface area contributed by atoms with Crippen LogP contribution in [0.5, 0.6) is 5.75 Å². The molecule has 0 aliphatic carbocycles. The number of benzene rings is 1. The van der Waals surface area contributed by atoms with Gasteiger partial charge >= 0.3 is 6.18 Å². The number of nitrogens with zero attached hydrogens (tertiary/aromatic N) is 1. The lowest BCUT2D eigenvalue weighted by molar-refractivity contribution is -0.137. The zero-order valence-corrected chi connectivity index (χ0v) is 15.1. The predicted molar refractivity (Wildman–Crippen MR) is 92.8 cm³/mol. The summed E-state index contributed by atoms with van der Waals surface area (Å²) in [5.41, 5.74) is -0.772. The Bertz CT molecular complexity index is 939. The third-order valence-electron chi connectivity index (χ3n) is 3.39. The van der Waals surface area contributed by atoms with E-state index in [4.69, 9.17) is 20.9 Å². The number of hydrogen-bond acceptors (Lipinski definition) is 5. The molecule has 0 saturated heterocycles. The van der Waals surface area contributed by atoms with Crippen LogP contribution in [0.25, 0.3) is 0 Å². The first-order valence-corrected chi connectivity index (χ1v) is 8.79. The molecule has 3 aromatic rings. The Labute approximate surface area is 160 Å². The second kappa shape index (κ2) is 8.01. The van der Waals surface area contributed by atoms with Gasteiger partial charge in [-0.2, -0.15) is 13.2 Å². The molecule has 5 nitrogen and oxygen atoms in total. The van der Waals surface area contributed by atoms with Crippen molar-refractivity contribution in [3.05, 3.63) is 68.7 Å². The molecular weight excluding hydrogens is 405 g/mol. The van der Waals surface area contributed by atoms with Crippen molar-refractivity contribution in [2.24, 2.45) is 0 Å². The van der Waals surface area contributed by atoms with Gasteiger partial charge in [-0.15, -0.1) is 11.3 Å². The number of carbonyl (C=O) groups excluding carboxylic acids is 1. The molecule has 0 atom stereocenters. The van der Waals surface area contributed by atoms with Crippen LogP contribution in [0.1, 0.15) is 26.7 Å². The zero-order chi connectivity index (χ0) is 19.4. The van der Waals surface area contributed by atoms with Crippen molar-refractivity contribution in [3.63, 3.8) is 0 Å². The topological polar surface area (TPSA) is 64.4 Å². The standard InChI is InChI=1S/C17H12ClF3N2O3S/c18-15-5-4-13(27-15)8-22-16(24)14-7-12(26-23-14)9-25-11-3-1-2-10(6-11)17(19,20)21/h1-7H,8-9H2,(H,22,24). The summed E-state index contributed by atoms with van der Waals surface area (Å²) in [6, 6.07) is 9.36. The number of hydrogen-bond donors (Lipinski definition) is 1. The van der Waals surface area contributed by atoms with E-state index >= 15 is 0 Å². The highest BCUT2D eigenvalue weighted by Crippen LogP contribution is 2.31. The number of nitrogens with one attached hydrogen (secondary N) is 1. The van der Waals surface area contributed by atoms with E-state index in [1.54, 1.807) is 12.1 Å². The molecule has 0 aliphatic rings. The molecule has 1 N–H and O–H groups in total. The lowest BCUT2D eigenvalue weighted by atomic mass is 10.2. The summed E-state index contributed by atoms with van der Waals surface area (Å²) in [6.07, 6.45) is -4.45. The number of carbonyl (C=O) groups is 1. The molecule has 0 saturated carbocycles. The molecular formula is C17H12ClF3N2O3S. The van der Waals surface area contributed by atoms with E-state index in [1.807, 2.05) is 0 Å². The molecule has 0 unspecified atom stereocenters. The van der Waals surface area contributed by atoms with E-state index in [9.17, 15) is 18.0 Å². The van der Waals surface area contributed by atoms with Crippen molar-refractivity contribution in [1.82, 2.24) is 10.5 Å². The maximum atomic E-state index is 12.7. The lowest BCUT2D eigenvalue weighted by Crippen LogP contribution is -2.22. The molecule has 2 aromatic heterocycles. The van der Waals surface area contributed by atoms with E-state index < -0.39 is 17.6 Å². The summed E-state index contributed by atoms with van der Waals surface area (Å²) in [5, 5.41) is 6.30. The average Bonchev–Trinajstić information content (AvgIpc) is 3.26. The summed E-state index contributed by atoms with van der Waals surface area (Å²) in [7, 11) is 0. The number of thiophene rings is 1. The van der Waals surface area contributed by atoms with Gasteiger partial charge < -0.3 is 14.6 Å². The second-order valence-corrected chi connectivity index (χ2v) is 7.18. The van der Waals surface area contributed by atoms with E-state index in [1.165, 1.54) is 29.5 Å². The molecule has 2 heterocycles. The minimum absolute atomic E-state index is 0.0294. The summed E-state index contributed by atoms with van der Waals surface area (Å²) < 4.78 is 48.9. The Hall–Kier alpha value is -2.52. The van der Waals surface area contributed by atoms with Crippen LogP contribution in [0.3, 0.4) is 0 Å². The highest BCUT2D eigenvalue weighted by molar-refractivity contribution is 7.16. The SMILES string of the molecule is O=C(NCc1ccc(Cl)s1)c1cc(COc2cccc(C(F)(F)F)c2)on1. The highest BCUT2D eigenvalue weighted by Gasteiger charge is 2.30. The molecule has 1 amide bonds. The van der Waals surface area contributed by atoms with Gasteiger partial charge in [-0.1, -0.05) is 22.8 Å². The van der Waals surface area contributed by atoms with Crippen LogP contribution in [0.15, 0.2) is 47.0 Å². The van der Waals surface area contributed by atoms with Gasteiger partial charge in [-0.25, -0.2) is 0 Å². The lowest BCUT2D eigenvalue weighted by Gasteiger charge is -2.09. The minimum atomic E-state index is -4.45. The van der Waals surface area contributed by atoms with Crippen LogP contribution in [0.4, 0.5) is 13.2 Å². The number of rotatable bonds is 6. The van der Waals surface area contributed by atoms with Gasteiger partial charge in [0.05, 0.1) is 16.4 Å². The van der Waals surface area contributed by atoms with Crippen molar-refractivity contribution in [1.29, 1.82) is 0 Å². The van der Waals surface area contributed by atoms with Crippen molar-refractivity contribution >= 4 is 28.8 Å². The largest absolute Gasteiger partial charge is 0.486 e. The Morgan fingerprint density at radius 1 is 1.26 bits per heavy atom. The fraction of sp³-hybridized carbons (Fsp3) is 0.176. The van der Waals surface area contributed by atoms with Crippen LogP contribution < -0.4 is 10.1 Å². The molecule has 142 valence electrons. The number of alkyl halides is 3. The molecule has 0 bridgehead atoms. The Balaban J connectivity index is 1.55. The molecule has 0 fully saturated rings. The van der Waals surface area contributed by atoms with Gasteiger partial charge in [-0.3, -0.25) is 4.79 Å². The van der Waals surface area contributed by atoms with Crippen molar-refractivity contribution < 1.29 is 27.2 Å². The fourth-order valence-corrected chi connectivity index (χ4v) is 3.14. The first-order chi connectivity index (χ1) is 12.8. The summed E-state index contributed by atoms with van der Waals surface area (Å²) >= 11 is 7.16. The third kappa shape index (κ3) is 5.24. The number of aromatic nitrogens is 1. The molecule has 0 radical (unpaired) electrons. The maximum Gasteiger partial charge on any atom is 0.416 e. The summed E-state index contributed by atoms with van der Waals surface area (Å²) in [5.74, 6) is -0.216. The number of ether oxygens (including phenoxy) is 1. The molecule has 1 aromatic carbocycles. The van der Waals surface area contributed by atoms with Gasteiger partial charge in [-0.05, 0) is 30.3 Å². The number of halogens is 4. The fourth-order valence-electron chi connectivity index (χ4n) is 2.11. The monoisotopic (exact) mass is 416 g/mol. The highest BCUT2D eigenvalue weighted by atomic mass is 35.5. The van der Waals surface area contributed by atoms with Crippen LogP contribution >= 0.6 is 22.9 Å². The third-order valence-corrected chi connectivity index (χ3v) is 4.62. The van der Waals surface area contributed by atoms with Crippen molar-refractivity contribution in [2.75, 3.05) is 0 Å². The zero-order valence-electron chi connectivity index (χ0n) is 13.5. The molecule has 0 spiro atoms. The van der Waals surface area contributed by atoms with Gasteiger partial charge in [0.25, 0.3) is 5.91 Å². The Kier molecular flexibility index (Phi) is 5.71. The minimum Gasteiger partial charge on any atom is -0.486 e. The molecule has 3 rings (SSSR count). The first kappa shape index (κ1) is 19.2. The van der Waals surface area contributed by atoms with E-state index in [0.717, 1.165) is 17.0 Å². The smallest absolute Gasteiger partial charge is 0.416 e. The maximum absolute atomic E-state index is 12.7. The van der Waals surface area contributed by atoms with Gasteiger partial charge in [0.2, 0.25) is 0 Å². The van der Waals surface area contributed by atoms with E-state index in [0.29, 0.717) is 10.9 Å². The predicted octanol–water partition coefficient (Wildman–Crippen LogP) is 4.92. The van der Waals surface area contributed by atoms with Crippen LogP contribution in [0, 0.1) is 0 Å². The van der Waals surface area contributed by atoms with Gasteiger partial charge in [0.15, 0.2) is 11.5 Å². The van der Waals surface area contributed by atoms with Crippen LogP contribution in [-0.4, -0.2) is 11.1 Å². The van der Waals surface area contributed by atoms with E-state index in [-0.39, 0.29) is 23.8 Å². The van der Waals surface area contributed by atoms with Gasteiger partial charge in [0.1, 0.15) is 12.4 Å². The van der Waals surface area contributed by atoms with Gasteiger partial charge in [0, 0.05) is 10.9 Å². The molecule has 0 aliphatic heterocycles. The quantitative estimate of drug-likeness (QED) is 0.619. The Morgan fingerprint density at radius 3 is 2.78 bits per heavy atom. The summed E-state index contributed by atoms with van der Waals surface area (Å²) in [4.78, 5) is 12.9. The average molecular weight is 417 g/mol.